The number of ether oxygens (including phenoxy) is 1. The Morgan fingerprint density at radius 3 is 2.87 bits per heavy atom. The van der Waals surface area contributed by atoms with Crippen molar-refractivity contribution in [3.63, 3.8) is 0 Å². The van der Waals surface area contributed by atoms with Crippen molar-refractivity contribution >= 4 is 6.03 Å². The molecule has 0 radical (unpaired) electrons. The highest BCUT2D eigenvalue weighted by Gasteiger charge is 2.33. The van der Waals surface area contributed by atoms with Crippen LogP contribution in [-0.2, 0) is 4.74 Å². The fraction of sp³-hybridized carbons (Fsp3) is 0.900. The summed E-state index contributed by atoms with van der Waals surface area (Å²) in [5.41, 5.74) is 5.06. The summed E-state index contributed by atoms with van der Waals surface area (Å²) in [6.45, 7) is 8.20. The van der Waals surface area contributed by atoms with Crippen molar-refractivity contribution < 1.29 is 9.53 Å². The molecule has 15 heavy (non-hydrogen) atoms. The zero-order chi connectivity index (χ0) is 11.5. The van der Waals surface area contributed by atoms with Crippen LogP contribution < -0.4 is 11.1 Å². The van der Waals surface area contributed by atoms with Crippen LogP contribution in [0.4, 0.5) is 4.79 Å². The lowest BCUT2D eigenvalue weighted by Crippen LogP contribution is -2.56. The number of nitrogens with one attached hydrogen (secondary N) is 1. The highest BCUT2D eigenvalue weighted by molar-refractivity contribution is 5.74. The van der Waals surface area contributed by atoms with E-state index in [1.54, 1.807) is 4.90 Å². The van der Waals surface area contributed by atoms with Crippen molar-refractivity contribution in [3.05, 3.63) is 0 Å². The fourth-order valence-electron chi connectivity index (χ4n) is 1.90. The second-order valence-corrected chi connectivity index (χ2v) is 4.59. The van der Waals surface area contributed by atoms with E-state index in [1.165, 1.54) is 0 Å². The number of nitrogens with two attached hydrogens (primary N) is 1. The molecule has 1 saturated heterocycles. The van der Waals surface area contributed by atoms with Crippen molar-refractivity contribution in [1.82, 2.24) is 10.2 Å². The van der Waals surface area contributed by atoms with Crippen molar-refractivity contribution in [2.75, 3.05) is 26.2 Å². The van der Waals surface area contributed by atoms with Gasteiger partial charge in [-0.1, -0.05) is 0 Å². The summed E-state index contributed by atoms with van der Waals surface area (Å²) in [4.78, 5) is 13.5. The summed E-state index contributed by atoms with van der Waals surface area (Å²) in [6, 6.07) is -0.0522. The maximum atomic E-state index is 11.7. The maximum Gasteiger partial charge on any atom is 0.317 e. The van der Waals surface area contributed by atoms with Crippen LogP contribution in [0.2, 0.25) is 0 Å². The van der Waals surface area contributed by atoms with Crippen LogP contribution in [0.15, 0.2) is 0 Å². The minimum absolute atomic E-state index is 0.0522. The zero-order valence-corrected chi connectivity index (χ0v) is 9.75. The summed E-state index contributed by atoms with van der Waals surface area (Å²) < 4.78 is 5.71. The van der Waals surface area contributed by atoms with E-state index in [0.29, 0.717) is 26.2 Å². The van der Waals surface area contributed by atoms with E-state index in [4.69, 9.17) is 10.5 Å². The minimum Gasteiger partial charge on any atom is -0.369 e. The van der Waals surface area contributed by atoms with E-state index in [9.17, 15) is 4.79 Å². The van der Waals surface area contributed by atoms with Gasteiger partial charge >= 0.3 is 6.03 Å². The number of hydrogen-bond acceptors (Lipinski definition) is 3. The Bertz CT molecular complexity index is 231. The van der Waals surface area contributed by atoms with Gasteiger partial charge in [-0.25, -0.2) is 4.79 Å². The molecular formula is C10H21N3O2. The summed E-state index contributed by atoms with van der Waals surface area (Å²) >= 11 is 0. The van der Waals surface area contributed by atoms with E-state index in [0.717, 1.165) is 0 Å². The summed E-state index contributed by atoms with van der Waals surface area (Å²) in [5.74, 6) is 0. The smallest absolute Gasteiger partial charge is 0.317 e. The van der Waals surface area contributed by atoms with Crippen LogP contribution in [0, 0.1) is 0 Å². The zero-order valence-electron chi connectivity index (χ0n) is 9.75. The normalized spacial score (nSPS) is 25.1. The molecule has 5 nitrogen and oxygen atoms in total. The fourth-order valence-corrected chi connectivity index (χ4v) is 1.90. The first-order valence-electron chi connectivity index (χ1n) is 5.35. The Balaban J connectivity index is 2.50. The van der Waals surface area contributed by atoms with E-state index < -0.39 is 0 Å². The number of nitrogens with zero attached hydrogens (tertiary/aromatic N) is 1. The molecule has 1 heterocycles. The molecule has 1 aliphatic rings. The van der Waals surface area contributed by atoms with Gasteiger partial charge in [-0.15, -0.1) is 0 Å². The first-order chi connectivity index (χ1) is 6.94. The Hall–Kier alpha value is -0.810. The highest BCUT2D eigenvalue weighted by atomic mass is 16.5. The molecule has 2 amide bonds. The molecule has 0 aromatic carbocycles. The van der Waals surface area contributed by atoms with Crippen molar-refractivity contribution in [1.29, 1.82) is 0 Å². The Kier molecular flexibility index (Phi) is 3.93. The second-order valence-electron chi connectivity index (χ2n) is 4.59. The molecule has 0 saturated carbocycles. The van der Waals surface area contributed by atoms with Gasteiger partial charge in [0.25, 0.3) is 0 Å². The third-order valence-electron chi connectivity index (χ3n) is 2.28. The van der Waals surface area contributed by atoms with Gasteiger partial charge in [-0.2, -0.15) is 0 Å². The van der Waals surface area contributed by atoms with Gasteiger partial charge in [-0.3, -0.25) is 0 Å². The van der Waals surface area contributed by atoms with Crippen LogP contribution in [0.1, 0.15) is 20.8 Å². The molecule has 1 fully saturated rings. The molecule has 0 aromatic heterocycles. The highest BCUT2D eigenvalue weighted by Crippen LogP contribution is 2.20. The summed E-state index contributed by atoms with van der Waals surface area (Å²) in [7, 11) is 0. The molecule has 1 atom stereocenters. The number of urea groups is 1. The number of hydrogen-bond donors (Lipinski definition) is 2. The lowest BCUT2D eigenvalue weighted by Gasteiger charge is -2.41. The van der Waals surface area contributed by atoms with Crippen molar-refractivity contribution in [3.8, 4) is 0 Å². The summed E-state index contributed by atoms with van der Waals surface area (Å²) in [6.07, 6.45) is 0.0809. The SMILES string of the molecule is CC1CN(C(=O)NCCN)CC(C)(C)O1. The number of carbonyl (C=O) groups is 1. The summed E-state index contributed by atoms with van der Waals surface area (Å²) in [5, 5.41) is 2.77. The number of amides is 2. The first-order valence-corrected chi connectivity index (χ1v) is 5.35. The molecule has 0 aliphatic carbocycles. The Morgan fingerprint density at radius 1 is 1.67 bits per heavy atom. The minimum atomic E-state index is -0.266. The maximum absolute atomic E-state index is 11.7. The Labute approximate surface area is 90.9 Å². The second kappa shape index (κ2) is 4.81. The van der Waals surface area contributed by atoms with E-state index >= 15 is 0 Å². The lowest BCUT2D eigenvalue weighted by molar-refractivity contribution is -0.117. The van der Waals surface area contributed by atoms with Crippen molar-refractivity contribution in [2.24, 2.45) is 5.73 Å². The largest absolute Gasteiger partial charge is 0.369 e. The van der Waals surface area contributed by atoms with Crippen LogP contribution in [0.3, 0.4) is 0 Å². The van der Waals surface area contributed by atoms with Crippen LogP contribution in [-0.4, -0.2) is 48.8 Å². The van der Waals surface area contributed by atoms with E-state index in [1.807, 2.05) is 20.8 Å². The molecule has 3 N–H and O–H groups in total. The average molecular weight is 215 g/mol. The molecule has 1 rings (SSSR count). The van der Waals surface area contributed by atoms with E-state index in [-0.39, 0.29) is 17.7 Å². The van der Waals surface area contributed by atoms with Gasteiger partial charge in [0.1, 0.15) is 0 Å². The standard InChI is InChI=1S/C10H21N3O2/c1-8-6-13(7-10(2,3)15-8)9(14)12-5-4-11/h8H,4-7,11H2,1-3H3,(H,12,14). The van der Waals surface area contributed by atoms with Gasteiger partial charge in [0.2, 0.25) is 0 Å². The molecule has 88 valence electrons. The van der Waals surface area contributed by atoms with Crippen LogP contribution in [0.25, 0.3) is 0 Å². The van der Waals surface area contributed by atoms with Gasteiger partial charge < -0.3 is 20.7 Å². The Morgan fingerprint density at radius 2 is 2.33 bits per heavy atom. The lowest BCUT2D eigenvalue weighted by atomic mass is 10.1. The third-order valence-corrected chi connectivity index (χ3v) is 2.28. The van der Waals surface area contributed by atoms with Crippen molar-refractivity contribution in [2.45, 2.75) is 32.5 Å². The van der Waals surface area contributed by atoms with Gasteiger partial charge in [0, 0.05) is 19.6 Å². The molecule has 1 aliphatic heterocycles. The molecule has 5 heteroatoms. The topological polar surface area (TPSA) is 67.6 Å². The predicted molar refractivity (Wildman–Crippen MR) is 58.7 cm³/mol. The molecule has 1 unspecified atom stereocenters. The number of morpholine rings is 1. The van der Waals surface area contributed by atoms with Gasteiger partial charge in [0.05, 0.1) is 18.2 Å². The number of carbonyl (C=O) groups excluding carboxylic acids is 1. The van der Waals surface area contributed by atoms with Crippen LogP contribution in [0.5, 0.6) is 0 Å². The average Bonchev–Trinajstić information content (AvgIpc) is 2.10. The van der Waals surface area contributed by atoms with Gasteiger partial charge in [0.15, 0.2) is 0 Å². The molecule has 0 spiro atoms. The quantitative estimate of drug-likeness (QED) is 0.689. The number of rotatable bonds is 2. The monoisotopic (exact) mass is 215 g/mol. The van der Waals surface area contributed by atoms with E-state index in [2.05, 4.69) is 5.32 Å². The predicted octanol–water partition coefficient (Wildman–Crippen LogP) is 0.154. The first kappa shape index (κ1) is 12.3. The molecular weight excluding hydrogens is 194 g/mol. The third kappa shape index (κ3) is 3.68. The van der Waals surface area contributed by atoms with Crippen LogP contribution >= 0.6 is 0 Å². The molecule has 0 bridgehead atoms. The van der Waals surface area contributed by atoms with Gasteiger partial charge in [-0.05, 0) is 20.8 Å². The molecule has 0 aromatic rings.